The van der Waals surface area contributed by atoms with Crippen LogP contribution in [0.2, 0.25) is 0 Å². The molecule has 0 unspecified atom stereocenters. The van der Waals surface area contributed by atoms with Crippen LogP contribution < -0.4 is 5.73 Å². The molecule has 0 atom stereocenters. The number of primary amides is 1. The van der Waals surface area contributed by atoms with Gasteiger partial charge in [0.25, 0.3) is 0 Å². The van der Waals surface area contributed by atoms with E-state index in [1.165, 1.54) is 11.0 Å². The van der Waals surface area contributed by atoms with Gasteiger partial charge in [-0.15, -0.1) is 0 Å². The molecule has 6 heteroatoms. The first-order valence-electron chi connectivity index (χ1n) is 6.03. The lowest BCUT2D eigenvalue weighted by atomic mass is 10.3. The summed E-state index contributed by atoms with van der Waals surface area (Å²) in [5.74, 6) is -0.201. The zero-order valence-electron chi connectivity index (χ0n) is 10.8. The van der Waals surface area contributed by atoms with Gasteiger partial charge in [0.05, 0.1) is 6.54 Å². The van der Waals surface area contributed by atoms with Crippen molar-refractivity contribution < 1.29 is 14.0 Å². The number of rotatable bonds is 7. The van der Waals surface area contributed by atoms with Crippen LogP contribution in [0.15, 0.2) is 27.3 Å². The van der Waals surface area contributed by atoms with Crippen molar-refractivity contribution in [1.82, 2.24) is 4.90 Å². The fraction of sp³-hybridized carbons (Fsp3) is 0.385. The minimum atomic E-state index is -0.515. The second kappa shape index (κ2) is 7.78. The van der Waals surface area contributed by atoms with E-state index in [1.54, 1.807) is 18.2 Å². The fourth-order valence-corrected chi connectivity index (χ4v) is 1.80. The van der Waals surface area contributed by atoms with Crippen LogP contribution in [-0.4, -0.2) is 29.8 Å². The number of nitrogens with zero attached hydrogens (tertiary/aromatic N) is 1. The lowest BCUT2D eigenvalue weighted by Crippen LogP contribution is -2.38. The van der Waals surface area contributed by atoms with Gasteiger partial charge < -0.3 is 15.1 Å². The zero-order valence-corrected chi connectivity index (χ0v) is 12.4. The van der Waals surface area contributed by atoms with Gasteiger partial charge in [-0.1, -0.05) is 13.3 Å². The molecule has 1 rings (SSSR count). The molecule has 19 heavy (non-hydrogen) atoms. The Kier molecular flexibility index (Phi) is 6.35. The van der Waals surface area contributed by atoms with E-state index in [-0.39, 0.29) is 12.5 Å². The smallest absolute Gasteiger partial charge is 0.247 e. The molecule has 2 amide bonds. The van der Waals surface area contributed by atoms with E-state index >= 15 is 0 Å². The van der Waals surface area contributed by atoms with Crippen LogP contribution in [-0.2, 0) is 9.59 Å². The van der Waals surface area contributed by atoms with Crippen LogP contribution in [0, 0.1) is 0 Å². The van der Waals surface area contributed by atoms with Crippen molar-refractivity contribution in [3.63, 3.8) is 0 Å². The van der Waals surface area contributed by atoms with Crippen LogP contribution in [0.4, 0.5) is 0 Å². The van der Waals surface area contributed by atoms with E-state index in [1.807, 2.05) is 6.92 Å². The molecule has 0 aliphatic heterocycles. The van der Waals surface area contributed by atoms with Gasteiger partial charge in [-0.3, -0.25) is 9.59 Å². The summed E-state index contributed by atoms with van der Waals surface area (Å²) in [5, 5.41) is 0. The Labute approximate surface area is 120 Å². The molecule has 2 N–H and O–H groups in total. The molecular formula is C13H17BrN2O3. The Bertz CT molecular complexity index is 468. The topological polar surface area (TPSA) is 76.5 Å². The largest absolute Gasteiger partial charge is 0.450 e. The van der Waals surface area contributed by atoms with Crippen molar-refractivity contribution in [3.05, 3.63) is 28.6 Å². The maximum atomic E-state index is 11.9. The SMILES string of the molecule is CCCCN(CC(N)=O)C(=O)C=Cc1ccc(Br)o1. The van der Waals surface area contributed by atoms with Crippen molar-refractivity contribution in [2.75, 3.05) is 13.1 Å². The average Bonchev–Trinajstić information content (AvgIpc) is 2.77. The molecule has 1 aromatic rings. The normalized spacial score (nSPS) is 10.8. The number of hydrogen-bond donors (Lipinski definition) is 1. The van der Waals surface area contributed by atoms with Gasteiger partial charge in [0.1, 0.15) is 5.76 Å². The Balaban J connectivity index is 2.64. The fourth-order valence-electron chi connectivity index (χ4n) is 1.48. The maximum Gasteiger partial charge on any atom is 0.247 e. The lowest BCUT2D eigenvalue weighted by Gasteiger charge is -2.18. The van der Waals surface area contributed by atoms with Gasteiger partial charge in [-0.25, -0.2) is 0 Å². The van der Waals surface area contributed by atoms with Crippen LogP contribution in [0.3, 0.4) is 0 Å². The van der Waals surface area contributed by atoms with Crippen molar-refractivity contribution in [1.29, 1.82) is 0 Å². The van der Waals surface area contributed by atoms with E-state index in [9.17, 15) is 9.59 Å². The number of hydrogen-bond acceptors (Lipinski definition) is 3. The standard InChI is InChI=1S/C13H17BrN2O3/c1-2-3-8-16(9-12(15)17)13(18)7-5-10-4-6-11(14)19-10/h4-7H,2-3,8-9H2,1H3,(H2,15,17). The van der Waals surface area contributed by atoms with Gasteiger partial charge in [-0.05, 0) is 40.6 Å². The average molecular weight is 329 g/mol. The highest BCUT2D eigenvalue weighted by Gasteiger charge is 2.12. The third kappa shape index (κ3) is 5.74. The molecule has 1 heterocycles. The highest BCUT2D eigenvalue weighted by atomic mass is 79.9. The Morgan fingerprint density at radius 3 is 2.74 bits per heavy atom. The number of unbranched alkanes of at least 4 members (excludes halogenated alkanes) is 1. The van der Waals surface area contributed by atoms with Gasteiger partial charge in [-0.2, -0.15) is 0 Å². The molecule has 0 bridgehead atoms. The number of halogens is 1. The van der Waals surface area contributed by atoms with Crippen LogP contribution in [0.25, 0.3) is 6.08 Å². The van der Waals surface area contributed by atoms with Crippen LogP contribution >= 0.6 is 15.9 Å². The van der Waals surface area contributed by atoms with Crippen molar-refractivity contribution in [2.24, 2.45) is 5.73 Å². The minimum Gasteiger partial charge on any atom is -0.450 e. The Hall–Kier alpha value is -1.56. The van der Waals surface area contributed by atoms with E-state index in [2.05, 4.69) is 15.9 Å². The molecule has 0 aliphatic carbocycles. The van der Waals surface area contributed by atoms with E-state index in [0.29, 0.717) is 17.0 Å². The summed E-state index contributed by atoms with van der Waals surface area (Å²) in [6.45, 7) is 2.47. The Morgan fingerprint density at radius 2 is 2.21 bits per heavy atom. The Morgan fingerprint density at radius 1 is 1.47 bits per heavy atom. The molecule has 0 saturated heterocycles. The first-order valence-corrected chi connectivity index (χ1v) is 6.83. The molecule has 1 aromatic heterocycles. The molecule has 104 valence electrons. The third-order valence-electron chi connectivity index (χ3n) is 2.42. The molecule has 0 aromatic carbocycles. The summed E-state index contributed by atoms with van der Waals surface area (Å²) in [6, 6.07) is 3.47. The predicted octanol–water partition coefficient (Wildman–Crippen LogP) is 2.17. The highest BCUT2D eigenvalue weighted by molar-refractivity contribution is 9.10. The molecule has 0 aliphatic rings. The molecule has 0 saturated carbocycles. The van der Waals surface area contributed by atoms with Crippen molar-refractivity contribution in [2.45, 2.75) is 19.8 Å². The number of carbonyl (C=O) groups is 2. The first kappa shape index (κ1) is 15.5. The second-order valence-electron chi connectivity index (χ2n) is 4.05. The van der Waals surface area contributed by atoms with Gasteiger partial charge >= 0.3 is 0 Å². The van der Waals surface area contributed by atoms with Gasteiger partial charge in [0.15, 0.2) is 4.67 Å². The van der Waals surface area contributed by atoms with Gasteiger partial charge in [0, 0.05) is 12.6 Å². The van der Waals surface area contributed by atoms with Gasteiger partial charge in [0.2, 0.25) is 11.8 Å². The quantitative estimate of drug-likeness (QED) is 0.779. The molecular weight excluding hydrogens is 312 g/mol. The van der Waals surface area contributed by atoms with Crippen LogP contribution in [0.5, 0.6) is 0 Å². The lowest BCUT2D eigenvalue weighted by molar-refractivity contribution is -0.131. The summed E-state index contributed by atoms with van der Waals surface area (Å²) in [6.07, 6.45) is 4.72. The van der Waals surface area contributed by atoms with E-state index in [0.717, 1.165) is 12.8 Å². The summed E-state index contributed by atoms with van der Waals surface area (Å²) in [5.41, 5.74) is 5.13. The van der Waals surface area contributed by atoms with Crippen molar-refractivity contribution in [3.8, 4) is 0 Å². The van der Waals surface area contributed by atoms with Crippen molar-refractivity contribution >= 4 is 33.8 Å². The highest BCUT2D eigenvalue weighted by Crippen LogP contribution is 2.15. The first-order chi connectivity index (χ1) is 9.02. The number of nitrogens with two attached hydrogens (primary N) is 1. The molecule has 0 radical (unpaired) electrons. The van der Waals surface area contributed by atoms with E-state index < -0.39 is 5.91 Å². The molecule has 0 spiro atoms. The second-order valence-corrected chi connectivity index (χ2v) is 4.84. The monoisotopic (exact) mass is 328 g/mol. The summed E-state index contributed by atoms with van der Waals surface area (Å²) in [4.78, 5) is 24.3. The zero-order chi connectivity index (χ0) is 14.3. The maximum absolute atomic E-state index is 11.9. The number of amides is 2. The summed E-state index contributed by atoms with van der Waals surface area (Å²) >= 11 is 3.18. The van der Waals surface area contributed by atoms with Crippen LogP contribution in [0.1, 0.15) is 25.5 Å². The minimum absolute atomic E-state index is 0.0645. The number of furan rings is 1. The molecule has 0 fully saturated rings. The summed E-state index contributed by atoms with van der Waals surface area (Å²) in [7, 11) is 0. The van der Waals surface area contributed by atoms with E-state index in [4.69, 9.17) is 10.2 Å². The number of carbonyl (C=O) groups excluding carboxylic acids is 2. The molecule has 5 nitrogen and oxygen atoms in total. The summed E-state index contributed by atoms with van der Waals surface area (Å²) < 4.78 is 5.84. The third-order valence-corrected chi connectivity index (χ3v) is 2.85. The predicted molar refractivity (Wildman–Crippen MR) is 76.1 cm³/mol.